The number of imidazole rings is 1. The highest BCUT2D eigenvalue weighted by Crippen LogP contribution is 2.35. The Balaban J connectivity index is 1.38. The van der Waals surface area contributed by atoms with Crippen LogP contribution < -0.4 is 10.2 Å². The van der Waals surface area contributed by atoms with Crippen LogP contribution in [0.4, 0.5) is 15.3 Å². The van der Waals surface area contributed by atoms with Gasteiger partial charge in [-0.2, -0.15) is 4.52 Å². The Morgan fingerprint density at radius 3 is 2.48 bits per heavy atom. The topological polar surface area (TPSA) is 61.6 Å². The molecule has 1 aliphatic rings. The second-order valence-electron chi connectivity index (χ2n) is 9.39. The van der Waals surface area contributed by atoms with Crippen LogP contribution in [0.2, 0.25) is 0 Å². The lowest BCUT2D eigenvalue weighted by Gasteiger charge is -2.34. The van der Waals surface area contributed by atoms with E-state index in [1.165, 1.54) is 17.7 Å². The standard InChI is InChI=1S/C24H28FN7S/c1-24(2,3)28-21-20(18-6-8-19(25)9-7-18)27-22-32(21)29-23(33-22)31-13-11-30(12-14-31)16-17-5-4-10-26-15-17/h4-10,15,28H,11-14,16H2,1-3H3. The molecule has 0 aliphatic carbocycles. The molecule has 4 heterocycles. The van der Waals surface area contributed by atoms with Crippen LogP contribution in [0, 0.1) is 5.82 Å². The number of piperazine rings is 1. The van der Waals surface area contributed by atoms with Gasteiger partial charge in [0.25, 0.3) is 0 Å². The first-order valence-electron chi connectivity index (χ1n) is 11.2. The molecule has 5 rings (SSSR count). The number of rotatable bonds is 5. The van der Waals surface area contributed by atoms with Gasteiger partial charge in [0.1, 0.15) is 11.5 Å². The molecule has 0 saturated carbocycles. The van der Waals surface area contributed by atoms with E-state index in [0.29, 0.717) is 0 Å². The van der Waals surface area contributed by atoms with Crippen LogP contribution >= 0.6 is 11.3 Å². The number of aromatic nitrogens is 4. The summed E-state index contributed by atoms with van der Waals surface area (Å²) in [7, 11) is 0. The summed E-state index contributed by atoms with van der Waals surface area (Å²) in [6.45, 7) is 11.0. The van der Waals surface area contributed by atoms with E-state index in [4.69, 9.17) is 10.1 Å². The first kappa shape index (κ1) is 21.8. The van der Waals surface area contributed by atoms with Crippen molar-refractivity contribution in [3.8, 4) is 11.3 Å². The number of hydrogen-bond acceptors (Lipinski definition) is 7. The predicted octanol–water partition coefficient (Wildman–Crippen LogP) is 4.52. The molecule has 9 heteroatoms. The van der Waals surface area contributed by atoms with Crippen LogP contribution in [-0.2, 0) is 6.54 Å². The molecule has 1 aromatic carbocycles. The van der Waals surface area contributed by atoms with Gasteiger partial charge in [-0.15, -0.1) is 5.10 Å². The number of nitrogens with one attached hydrogen (secondary N) is 1. The van der Waals surface area contributed by atoms with E-state index in [0.717, 1.165) is 59.9 Å². The molecule has 1 aliphatic heterocycles. The van der Waals surface area contributed by atoms with Gasteiger partial charge in [0.05, 0.1) is 0 Å². The summed E-state index contributed by atoms with van der Waals surface area (Å²) < 4.78 is 15.4. The lowest BCUT2D eigenvalue weighted by Crippen LogP contribution is -2.46. The second-order valence-corrected chi connectivity index (χ2v) is 10.3. The summed E-state index contributed by atoms with van der Waals surface area (Å²) >= 11 is 1.59. The highest BCUT2D eigenvalue weighted by molar-refractivity contribution is 7.20. The Morgan fingerprint density at radius 1 is 1.06 bits per heavy atom. The van der Waals surface area contributed by atoms with E-state index in [-0.39, 0.29) is 11.4 Å². The number of halogens is 1. The predicted molar refractivity (Wildman–Crippen MR) is 131 cm³/mol. The fourth-order valence-corrected chi connectivity index (χ4v) is 4.94. The molecule has 1 fully saturated rings. The molecule has 0 unspecified atom stereocenters. The molecule has 4 aromatic rings. The van der Waals surface area contributed by atoms with Crippen molar-refractivity contribution in [1.82, 2.24) is 24.5 Å². The molecule has 0 bridgehead atoms. The number of anilines is 2. The van der Waals surface area contributed by atoms with Crippen molar-refractivity contribution in [2.45, 2.75) is 32.9 Å². The summed E-state index contributed by atoms with van der Waals surface area (Å²) in [5.41, 5.74) is 2.72. The first-order chi connectivity index (χ1) is 15.9. The Morgan fingerprint density at radius 2 is 1.82 bits per heavy atom. The lowest BCUT2D eigenvalue weighted by molar-refractivity contribution is 0.249. The van der Waals surface area contributed by atoms with Crippen LogP contribution in [0.3, 0.4) is 0 Å². The van der Waals surface area contributed by atoms with Gasteiger partial charge in [-0.25, -0.2) is 9.37 Å². The minimum Gasteiger partial charge on any atom is -0.364 e. The van der Waals surface area contributed by atoms with E-state index in [9.17, 15) is 4.39 Å². The van der Waals surface area contributed by atoms with Crippen LogP contribution in [0.15, 0.2) is 48.8 Å². The van der Waals surface area contributed by atoms with E-state index < -0.39 is 0 Å². The molecule has 1 saturated heterocycles. The minimum atomic E-state index is -0.256. The number of nitrogens with zero attached hydrogens (tertiary/aromatic N) is 6. The third-order valence-corrected chi connectivity index (χ3v) is 6.54. The third kappa shape index (κ3) is 4.84. The number of fused-ring (bicyclic) bond motifs is 1. The summed E-state index contributed by atoms with van der Waals surface area (Å²) in [5.74, 6) is 0.579. The maximum absolute atomic E-state index is 13.5. The fourth-order valence-electron chi connectivity index (χ4n) is 3.99. The Kier molecular flexibility index (Phi) is 5.76. The number of benzene rings is 1. The van der Waals surface area contributed by atoms with Gasteiger partial charge in [0.15, 0.2) is 5.82 Å². The molecule has 3 aromatic heterocycles. The number of hydrogen-bond donors (Lipinski definition) is 1. The maximum atomic E-state index is 13.5. The first-order valence-corrected chi connectivity index (χ1v) is 12.0. The van der Waals surface area contributed by atoms with Gasteiger partial charge < -0.3 is 10.2 Å². The van der Waals surface area contributed by atoms with Gasteiger partial charge in [-0.1, -0.05) is 17.4 Å². The van der Waals surface area contributed by atoms with Crippen molar-refractivity contribution < 1.29 is 4.39 Å². The van der Waals surface area contributed by atoms with Crippen LogP contribution in [0.1, 0.15) is 26.3 Å². The molecule has 1 N–H and O–H groups in total. The molecule has 0 amide bonds. The Hall–Kier alpha value is -3.04. The molecule has 0 atom stereocenters. The Bertz CT molecular complexity index is 1220. The number of pyridine rings is 1. The third-order valence-electron chi connectivity index (χ3n) is 5.58. The Labute approximate surface area is 196 Å². The van der Waals surface area contributed by atoms with E-state index in [1.807, 2.05) is 23.0 Å². The van der Waals surface area contributed by atoms with Crippen molar-refractivity contribution >= 4 is 27.2 Å². The largest absolute Gasteiger partial charge is 0.364 e. The zero-order valence-electron chi connectivity index (χ0n) is 19.1. The summed E-state index contributed by atoms with van der Waals surface area (Å²) in [6, 6.07) is 10.6. The molecule has 0 spiro atoms. The van der Waals surface area contributed by atoms with Crippen molar-refractivity contribution in [1.29, 1.82) is 0 Å². The quantitative estimate of drug-likeness (QED) is 0.468. The average Bonchev–Trinajstić information content (AvgIpc) is 3.34. The van der Waals surface area contributed by atoms with Gasteiger partial charge in [0.2, 0.25) is 10.1 Å². The summed E-state index contributed by atoms with van der Waals surface area (Å²) in [6.07, 6.45) is 3.75. The lowest BCUT2D eigenvalue weighted by atomic mass is 10.1. The van der Waals surface area contributed by atoms with Crippen molar-refractivity contribution in [3.05, 3.63) is 60.2 Å². The van der Waals surface area contributed by atoms with Gasteiger partial charge in [-0.05, 0) is 56.7 Å². The smallest absolute Gasteiger partial charge is 0.216 e. The van der Waals surface area contributed by atoms with Gasteiger partial charge >= 0.3 is 0 Å². The van der Waals surface area contributed by atoms with Crippen molar-refractivity contribution in [2.24, 2.45) is 0 Å². The van der Waals surface area contributed by atoms with E-state index >= 15 is 0 Å². The maximum Gasteiger partial charge on any atom is 0.216 e. The van der Waals surface area contributed by atoms with Crippen LogP contribution in [-0.4, -0.2) is 56.2 Å². The van der Waals surface area contributed by atoms with Crippen molar-refractivity contribution in [3.63, 3.8) is 0 Å². The average molecular weight is 466 g/mol. The summed E-state index contributed by atoms with van der Waals surface area (Å²) in [5, 5.41) is 9.45. The molecule has 172 valence electrons. The van der Waals surface area contributed by atoms with Gasteiger partial charge in [-0.3, -0.25) is 9.88 Å². The van der Waals surface area contributed by atoms with Crippen molar-refractivity contribution in [2.75, 3.05) is 36.4 Å². The zero-order valence-corrected chi connectivity index (χ0v) is 19.9. The minimum absolute atomic E-state index is 0.174. The normalized spacial score (nSPS) is 15.3. The second kappa shape index (κ2) is 8.72. The molecular weight excluding hydrogens is 437 g/mol. The zero-order chi connectivity index (χ0) is 23.0. The van der Waals surface area contributed by atoms with E-state index in [1.54, 1.807) is 23.5 Å². The highest BCUT2D eigenvalue weighted by Gasteiger charge is 2.25. The molecular formula is C24H28FN7S. The van der Waals surface area contributed by atoms with Crippen LogP contribution in [0.25, 0.3) is 16.2 Å². The van der Waals surface area contributed by atoms with E-state index in [2.05, 4.69) is 46.9 Å². The fraction of sp³-hybridized carbons (Fsp3) is 0.375. The molecule has 7 nitrogen and oxygen atoms in total. The summed E-state index contributed by atoms with van der Waals surface area (Å²) in [4.78, 5) is 14.7. The molecule has 33 heavy (non-hydrogen) atoms. The van der Waals surface area contributed by atoms with Gasteiger partial charge in [0, 0.05) is 56.2 Å². The monoisotopic (exact) mass is 465 g/mol. The molecule has 0 radical (unpaired) electrons. The SMILES string of the molecule is CC(C)(C)Nc1c(-c2ccc(F)cc2)nc2sc(N3CCN(Cc4cccnc4)CC3)nn12. The highest BCUT2D eigenvalue weighted by atomic mass is 32.1. The van der Waals surface area contributed by atoms with Crippen LogP contribution in [0.5, 0.6) is 0 Å².